The Hall–Kier alpha value is -3.73. The Kier molecular flexibility index (Phi) is 4.49. The Labute approximate surface area is 161 Å². The lowest BCUT2D eigenvalue weighted by atomic mass is 10.0. The number of rotatable bonds is 4. The lowest BCUT2D eigenvalue weighted by Gasteiger charge is -2.16. The van der Waals surface area contributed by atoms with Gasteiger partial charge in [-0.05, 0) is 36.8 Å². The van der Waals surface area contributed by atoms with Crippen LogP contribution in [0.4, 0.5) is 15.8 Å². The maximum absolute atomic E-state index is 14.3. The fourth-order valence-corrected chi connectivity index (χ4v) is 3.15. The van der Waals surface area contributed by atoms with Crippen molar-refractivity contribution in [2.75, 3.05) is 10.2 Å². The molecule has 2 amide bonds. The van der Waals surface area contributed by atoms with Crippen molar-refractivity contribution in [3.05, 3.63) is 102 Å². The minimum Gasteiger partial charge on any atom is -0.350 e. The topological polar surface area (TPSA) is 49.4 Å². The number of halogens is 1. The number of carbonyl (C=O) groups is 2. The van der Waals surface area contributed by atoms with Gasteiger partial charge in [0.15, 0.2) is 0 Å². The van der Waals surface area contributed by atoms with Crippen molar-refractivity contribution >= 4 is 28.8 Å². The highest BCUT2D eigenvalue weighted by Gasteiger charge is 2.41. The molecule has 0 aromatic heterocycles. The monoisotopic (exact) mass is 372 g/mol. The van der Waals surface area contributed by atoms with Crippen LogP contribution in [0.15, 0.2) is 84.6 Å². The van der Waals surface area contributed by atoms with Crippen LogP contribution in [-0.4, -0.2) is 11.8 Å². The fourth-order valence-electron chi connectivity index (χ4n) is 3.15. The number of para-hydroxylation sites is 2. The Balaban J connectivity index is 1.84. The van der Waals surface area contributed by atoms with Gasteiger partial charge in [-0.2, -0.15) is 0 Å². The molecule has 138 valence electrons. The molecule has 0 saturated carbocycles. The minimum atomic E-state index is -0.631. The van der Waals surface area contributed by atoms with E-state index in [4.69, 9.17) is 0 Å². The zero-order valence-electron chi connectivity index (χ0n) is 15.1. The molecule has 1 heterocycles. The minimum absolute atomic E-state index is 0.0630. The van der Waals surface area contributed by atoms with Crippen LogP contribution in [0.5, 0.6) is 0 Å². The molecule has 1 aliphatic heterocycles. The van der Waals surface area contributed by atoms with Crippen molar-refractivity contribution < 1.29 is 14.0 Å². The van der Waals surface area contributed by atoms with Crippen LogP contribution in [0, 0.1) is 12.7 Å². The zero-order chi connectivity index (χ0) is 19.7. The summed E-state index contributed by atoms with van der Waals surface area (Å²) in [5.74, 6) is -1.78. The van der Waals surface area contributed by atoms with Gasteiger partial charge in [0.25, 0.3) is 11.8 Å². The molecule has 0 atom stereocenters. The van der Waals surface area contributed by atoms with Gasteiger partial charge in [0.2, 0.25) is 0 Å². The summed E-state index contributed by atoms with van der Waals surface area (Å²) in [6, 6.07) is 22.1. The summed E-state index contributed by atoms with van der Waals surface area (Å²) in [7, 11) is 0. The Morgan fingerprint density at radius 2 is 1.43 bits per heavy atom. The molecule has 28 heavy (non-hydrogen) atoms. The second kappa shape index (κ2) is 7.12. The summed E-state index contributed by atoms with van der Waals surface area (Å²) >= 11 is 0. The molecule has 1 aliphatic rings. The number of carbonyl (C=O) groups excluding carboxylic acids is 2. The second-order valence-electron chi connectivity index (χ2n) is 6.50. The van der Waals surface area contributed by atoms with Crippen molar-refractivity contribution in [1.29, 1.82) is 0 Å². The molecule has 0 bridgehead atoms. The average Bonchev–Trinajstić information content (AvgIpc) is 2.94. The van der Waals surface area contributed by atoms with Gasteiger partial charge < -0.3 is 5.32 Å². The largest absolute Gasteiger partial charge is 0.350 e. The first-order valence-corrected chi connectivity index (χ1v) is 8.83. The second-order valence-corrected chi connectivity index (χ2v) is 6.50. The molecule has 0 unspecified atom stereocenters. The number of nitrogens with one attached hydrogen (secondary N) is 1. The van der Waals surface area contributed by atoms with Gasteiger partial charge >= 0.3 is 0 Å². The van der Waals surface area contributed by atoms with Gasteiger partial charge in [-0.1, -0.05) is 60.2 Å². The van der Waals surface area contributed by atoms with Crippen molar-refractivity contribution in [2.24, 2.45) is 0 Å². The van der Waals surface area contributed by atoms with Gasteiger partial charge in [0, 0.05) is 5.69 Å². The van der Waals surface area contributed by atoms with E-state index < -0.39 is 17.6 Å². The summed E-state index contributed by atoms with van der Waals surface area (Å²) in [5, 5.41) is 3.05. The molecule has 0 aliphatic carbocycles. The highest BCUT2D eigenvalue weighted by atomic mass is 19.1. The van der Waals surface area contributed by atoms with Crippen LogP contribution in [-0.2, 0) is 9.59 Å². The van der Waals surface area contributed by atoms with Gasteiger partial charge in [0.05, 0.1) is 11.3 Å². The predicted molar refractivity (Wildman–Crippen MR) is 107 cm³/mol. The summed E-state index contributed by atoms with van der Waals surface area (Å²) in [6.07, 6.45) is 0. The van der Waals surface area contributed by atoms with Crippen molar-refractivity contribution in [2.45, 2.75) is 6.92 Å². The van der Waals surface area contributed by atoms with Crippen molar-refractivity contribution in [1.82, 2.24) is 0 Å². The number of nitrogens with zero attached hydrogens (tertiary/aromatic N) is 1. The van der Waals surface area contributed by atoms with E-state index in [2.05, 4.69) is 5.32 Å². The first-order chi connectivity index (χ1) is 13.6. The smallest absolute Gasteiger partial charge is 0.282 e. The van der Waals surface area contributed by atoms with Crippen LogP contribution < -0.4 is 10.2 Å². The first-order valence-electron chi connectivity index (χ1n) is 8.83. The third-order valence-corrected chi connectivity index (χ3v) is 4.56. The molecule has 1 N–H and O–H groups in total. The summed E-state index contributed by atoms with van der Waals surface area (Å²) in [6.45, 7) is 1.94. The van der Waals surface area contributed by atoms with Crippen LogP contribution >= 0.6 is 0 Å². The molecule has 0 radical (unpaired) electrons. The summed E-state index contributed by atoms with van der Waals surface area (Å²) < 4.78 is 14.3. The Morgan fingerprint density at radius 3 is 2.11 bits per heavy atom. The van der Waals surface area contributed by atoms with Gasteiger partial charge in [-0.15, -0.1) is 0 Å². The van der Waals surface area contributed by atoms with Gasteiger partial charge in [-0.25, -0.2) is 9.29 Å². The molecule has 4 rings (SSSR count). The molecule has 0 spiro atoms. The van der Waals surface area contributed by atoms with E-state index in [9.17, 15) is 14.0 Å². The number of amides is 2. The molecule has 5 heteroatoms. The third-order valence-electron chi connectivity index (χ3n) is 4.56. The highest BCUT2D eigenvalue weighted by Crippen LogP contribution is 2.34. The van der Waals surface area contributed by atoms with E-state index >= 15 is 0 Å². The fraction of sp³-hybridized carbons (Fsp3) is 0.0435. The van der Waals surface area contributed by atoms with Gasteiger partial charge in [-0.3, -0.25) is 9.59 Å². The zero-order valence-corrected chi connectivity index (χ0v) is 15.1. The van der Waals surface area contributed by atoms with Crippen LogP contribution in [0.3, 0.4) is 0 Å². The third kappa shape index (κ3) is 3.07. The Bertz CT molecular complexity index is 1090. The van der Waals surface area contributed by atoms with Crippen molar-refractivity contribution in [3.8, 4) is 0 Å². The molecule has 4 nitrogen and oxygen atoms in total. The molecular weight excluding hydrogens is 355 g/mol. The first kappa shape index (κ1) is 17.7. The molecular formula is C23H17FN2O2. The van der Waals surface area contributed by atoms with E-state index in [1.165, 1.54) is 18.2 Å². The number of anilines is 2. The lowest BCUT2D eigenvalue weighted by Crippen LogP contribution is -2.33. The lowest BCUT2D eigenvalue weighted by molar-refractivity contribution is -0.120. The average molecular weight is 372 g/mol. The number of imide groups is 1. The van der Waals surface area contributed by atoms with E-state index in [0.29, 0.717) is 11.3 Å². The molecule has 3 aromatic carbocycles. The highest BCUT2D eigenvalue weighted by molar-refractivity contribution is 6.46. The van der Waals surface area contributed by atoms with E-state index in [0.717, 1.165) is 10.5 Å². The van der Waals surface area contributed by atoms with E-state index in [1.54, 1.807) is 30.3 Å². The van der Waals surface area contributed by atoms with Crippen LogP contribution in [0.25, 0.3) is 5.57 Å². The molecule has 3 aromatic rings. The van der Waals surface area contributed by atoms with Crippen LogP contribution in [0.1, 0.15) is 11.1 Å². The van der Waals surface area contributed by atoms with E-state index in [-0.39, 0.29) is 17.0 Å². The van der Waals surface area contributed by atoms with Gasteiger partial charge in [0.1, 0.15) is 11.5 Å². The maximum atomic E-state index is 14.3. The predicted octanol–water partition coefficient (Wildman–Crippen LogP) is 4.53. The number of hydrogen-bond donors (Lipinski definition) is 1. The standard InChI is InChI=1S/C23H17FN2O2/c1-15-11-13-16(14-12-15)20-21(25-17-7-3-2-4-8-17)23(28)26(22(20)27)19-10-6-5-9-18(19)24/h2-14,25H,1H3. The quantitative estimate of drug-likeness (QED) is 0.685. The molecule has 0 saturated heterocycles. The molecule has 0 fully saturated rings. The summed E-state index contributed by atoms with van der Waals surface area (Å²) in [4.78, 5) is 27.2. The maximum Gasteiger partial charge on any atom is 0.282 e. The SMILES string of the molecule is Cc1ccc(C2=C(Nc3ccccc3)C(=O)N(c3ccccc3F)C2=O)cc1. The summed E-state index contributed by atoms with van der Waals surface area (Å²) in [5.41, 5.74) is 2.58. The normalized spacial score (nSPS) is 14.0. The number of benzene rings is 3. The van der Waals surface area contributed by atoms with Crippen LogP contribution in [0.2, 0.25) is 0 Å². The Morgan fingerprint density at radius 1 is 0.786 bits per heavy atom. The van der Waals surface area contributed by atoms with E-state index in [1.807, 2.05) is 37.3 Å². The number of hydrogen-bond acceptors (Lipinski definition) is 3. The number of aryl methyl sites for hydroxylation is 1. The van der Waals surface area contributed by atoms with Crippen molar-refractivity contribution in [3.63, 3.8) is 0 Å².